The Kier molecular flexibility index (Phi) is 2.98. The van der Waals surface area contributed by atoms with Crippen LogP contribution in [0.25, 0.3) is 0 Å². The van der Waals surface area contributed by atoms with Crippen LogP contribution < -0.4 is 5.73 Å². The number of aryl methyl sites for hydroxylation is 1. The molecule has 68 valence electrons. The number of nitrogens with zero attached hydrogens (tertiary/aromatic N) is 2. The Labute approximate surface area is 78.4 Å². The summed E-state index contributed by atoms with van der Waals surface area (Å²) >= 11 is 0. The van der Waals surface area contributed by atoms with Gasteiger partial charge in [-0.05, 0) is 12.8 Å². The number of nitrogens with two attached hydrogens (primary N) is 1. The molecule has 0 spiro atoms. The molecule has 0 saturated carbocycles. The molecule has 0 amide bonds. The lowest BCUT2D eigenvalue weighted by atomic mass is 10.2. The van der Waals surface area contributed by atoms with Crippen LogP contribution in [0, 0.1) is 0 Å². The lowest BCUT2D eigenvalue weighted by molar-refractivity contribution is 0.640. The summed E-state index contributed by atoms with van der Waals surface area (Å²) in [5, 5.41) is 0. The summed E-state index contributed by atoms with van der Waals surface area (Å²) in [7, 11) is 0. The van der Waals surface area contributed by atoms with Gasteiger partial charge >= 0.3 is 0 Å². The van der Waals surface area contributed by atoms with E-state index < -0.39 is 0 Å². The van der Waals surface area contributed by atoms with Gasteiger partial charge < -0.3 is 10.3 Å². The molecule has 1 aliphatic rings. The average molecular weight is 188 g/mol. The summed E-state index contributed by atoms with van der Waals surface area (Å²) < 4.78 is 2.13. The van der Waals surface area contributed by atoms with E-state index in [1.807, 2.05) is 0 Å². The normalized spacial score (nSPS) is 16.0. The molecule has 0 saturated heterocycles. The van der Waals surface area contributed by atoms with Gasteiger partial charge in [0, 0.05) is 13.0 Å². The molecule has 1 aliphatic heterocycles. The largest absolute Gasteiger partial charge is 0.384 e. The van der Waals surface area contributed by atoms with Crippen molar-refractivity contribution in [3.63, 3.8) is 0 Å². The maximum absolute atomic E-state index is 5.73. The number of imidazole rings is 1. The molecule has 0 aliphatic carbocycles. The standard InChI is InChI=1S/C8H13N3.ClH/c9-7-6-10-8-4-2-1-3-5-11(7)8;/h6H,1-5,9H2;1H. The lowest BCUT2D eigenvalue weighted by Crippen LogP contribution is -2.04. The highest BCUT2D eigenvalue weighted by Crippen LogP contribution is 2.16. The van der Waals surface area contributed by atoms with Gasteiger partial charge in [0.05, 0.1) is 6.20 Å². The quantitative estimate of drug-likeness (QED) is 0.671. The van der Waals surface area contributed by atoms with Crippen molar-refractivity contribution in [3.8, 4) is 0 Å². The molecule has 0 radical (unpaired) electrons. The summed E-state index contributed by atoms with van der Waals surface area (Å²) in [5.41, 5.74) is 5.73. The first-order valence-corrected chi connectivity index (χ1v) is 4.18. The van der Waals surface area contributed by atoms with Crippen LogP contribution in [0.1, 0.15) is 25.1 Å². The number of hydrogen-bond acceptors (Lipinski definition) is 2. The minimum Gasteiger partial charge on any atom is -0.384 e. The van der Waals surface area contributed by atoms with Crippen molar-refractivity contribution in [2.45, 2.75) is 32.2 Å². The van der Waals surface area contributed by atoms with Crippen LogP contribution in [0.5, 0.6) is 0 Å². The number of hydrogen-bond donors (Lipinski definition) is 1. The number of rotatable bonds is 0. The number of aromatic nitrogens is 2. The maximum atomic E-state index is 5.73. The molecular formula is C8H14ClN3. The summed E-state index contributed by atoms with van der Waals surface area (Å²) in [6.07, 6.45) is 6.67. The Morgan fingerprint density at radius 2 is 2.17 bits per heavy atom. The van der Waals surface area contributed by atoms with Gasteiger partial charge in [-0.3, -0.25) is 0 Å². The summed E-state index contributed by atoms with van der Waals surface area (Å²) in [4.78, 5) is 4.25. The van der Waals surface area contributed by atoms with Crippen molar-refractivity contribution in [3.05, 3.63) is 12.0 Å². The molecule has 0 unspecified atom stereocenters. The molecule has 0 atom stereocenters. The molecule has 1 aromatic heterocycles. The van der Waals surface area contributed by atoms with Gasteiger partial charge in [0.2, 0.25) is 0 Å². The van der Waals surface area contributed by atoms with Crippen molar-refractivity contribution >= 4 is 18.2 Å². The van der Waals surface area contributed by atoms with Gasteiger partial charge in [-0.1, -0.05) is 6.42 Å². The molecule has 2 heterocycles. The highest BCUT2D eigenvalue weighted by atomic mass is 35.5. The van der Waals surface area contributed by atoms with E-state index in [2.05, 4.69) is 9.55 Å². The second kappa shape index (κ2) is 3.81. The monoisotopic (exact) mass is 187 g/mol. The second-order valence-corrected chi connectivity index (χ2v) is 3.06. The molecule has 0 fully saturated rings. The Morgan fingerprint density at radius 3 is 3.00 bits per heavy atom. The van der Waals surface area contributed by atoms with Crippen LogP contribution >= 0.6 is 12.4 Å². The highest BCUT2D eigenvalue weighted by molar-refractivity contribution is 5.85. The van der Waals surface area contributed by atoms with Crippen LogP contribution in [-0.4, -0.2) is 9.55 Å². The van der Waals surface area contributed by atoms with Gasteiger partial charge in [-0.15, -0.1) is 12.4 Å². The zero-order valence-electron chi connectivity index (χ0n) is 6.99. The zero-order chi connectivity index (χ0) is 7.68. The van der Waals surface area contributed by atoms with Crippen LogP contribution in [-0.2, 0) is 13.0 Å². The average Bonchev–Trinajstić information content (AvgIpc) is 2.25. The molecule has 3 nitrogen and oxygen atoms in total. The topological polar surface area (TPSA) is 43.8 Å². The number of fused-ring (bicyclic) bond motifs is 1. The highest BCUT2D eigenvalue weighted by Gasteiger charge is 2.09. The summed E-state index contributed by atoms with van der Waals surface area (Å²) in [6, 6.07) is 0. The van der Waals surface area contributed by atoms with Crippen molar-refractivity contribution in [2.24, 2.45) is 0 Å². The Morgan fingerprint density at radius 1 is 1.33 bits per heavy atom. The van der Waals surface area contributed by atoms with E-state index in [0.29, 0.717) is 0 Å². The van der Waals surface area contributed by atoms with Gasteiger partial charge in [0.15, 0.2) is 0 Å². The van der Waals surface area contributed by atoms with Crippen LogP contribution in [0.2, 0.25) is 0 Å². The van der Waals surface area contributed by atoms with Crippen molar-refractivity contribution < 1.29 is 0 Å². The Balaban J connectivity index is 0.000000720. The number of nitrogen functional groups attached to an aromatic ring is 1. The van der Waals surface area contributed by atoms with E-state index in [1.54, 1.807) is 6.20 Å². The van der Waals surface area contributed by atoms with Crippen molar-refractivity contribution in [1.82, 2.24) is 9.55 Å². The van der Waals surface area contributed by atoms with Gasteiger partial charge in [-0.25, -0.2) is 4.98 Å². The molecule has 2 rings (SSSR count). The first-order valence-electron chi connectivity index (χ1n) is 4.18. The maximum Gasteiger partial charge on any atom is 0.123 e. The molecule has 0 aromatic carbocycles. The molecular weight excluding hydrogens is 174 g/mol. The zero-order valence-corrected chi connectivity index (χ0v) is 7.81. The molecule has 1 aromatic rings. The third-order valence-corrected chi connectivity index (χ3v) is 2.25. The third kappa shape index (κ3) is 1.55. The number of halogens is 1. The number of anilines is 1. The van der Waals surface area contributed by atoms with E-state index in [9.17, 15) is 0 Å². The van der Waals surface area contributed by atoms with Gasteiger partial charge in [0.25, 0.3) is 0 Å². The van der Waals surface area contributed by atoms with Crippen molar-refractivity contribution in [1.29, 1.82) is 0 Å². The van der Waals surface area contributed by atoms with E-state index in [1.165, 1.54) is 25.1 Å². The van der Waals surface area contributed by atoms with Crippen molar-refractivity contribution in [2.75, 3.05) is 5.73 Å². The molecule has 4 heteroatoms. The fourth-order valence-electron chi connectivity index (χ4n) is 1.62. The minimum absolute atomic E-state index is 0. The molecule has 12 heavy (non-hydrogen) atoms. The summed E-state index contributed by atoms with van der Waals surface area (Å²) in [5.74, 6) is 1.99. The van der Waals surface area contributed by atoms with E-state index in [0.717, 1.165) is 18.8 Å². The smallest absolute Gasteiger partial charge is 0.123 e. The Bertz CT molecular complexity index is 257. The van der Waals surface area contributed by atoms with E-state index in [4.69, 9.17) is 5.73 Å². The SMILES string of the molecule is Cl.Nc1cnc2n1CCCCC2. The predicted molar refractivity (Wildman–Crippen MR) is 51.4 cm³/mol. The second-order valence-electron chi connectivity index (χ2n) is 3.06. The fourth-order valence-corrected chi connectivity index (χ4v) is 1.62. The van der Waals surface area contributed by atoms with Crippen LogP contribution in [0.15, 0.2) is 6.20 Å². The van der Waals surface area contributed by atoms with E-state index >= 15 is 0 Å². The summed E-state index contributed by atoms with van der Waals surface area (Å²) in [6.45, 7) is 1.06. The predicted octanol–water partition coefficient (Wildman–Crippen LogP) is 1.61. The first kappa shape index (κ1) is 9.39. The van der Waals surface area contributed by atoms with E-state index in [-0.39, 0.29) is 12.4 Å². The van der Waals surface area contributed by atoms with Crippen LogP contribution in [0.3, 0.4) is 0 Å². The fraction of sp³-hybridized carbons (Fsp3) is 0.625. The Hall–Kier alpha value is -0.700. The lowest BCUT2D eigenvalue weighted by Gasteiger charge is -2.03. The third-order valence-electron chi connectivity index (χ3n) is 2.25. The van der Waals surface area contributed by atoms with Gasteiger partial charge in [-0.2, -0.15) is 0 Å². The molecule has 0 bridgehead atoms. The minimum atomic E-state index is 0. The molecule has 2 N–H and O–H groups in total. The first-order chi connectivity index (χ1) is 5.38. The van der Waals surface area contributed by atoms with Gasteiger partial charge in [0.1, 0.15) is 11.6 Å². The van der Waals surface area contributed by atoms with Crippen LogP contribution in [0.4, 0.5) is 5.82 Å².